The molecule has 1 saturated heterocycles. The van der Waals surface area contributed by atoms with Gasteiger partial charge in [-0.15, -0.1) is 0 Å². The zero-order valence-corrected chi connectivity index (χ0v) is 16.4. The highest BCUT2D eigenvalue weighted by molar-refractivity contribution is 5.80. The monoisotopic (exact) mass is 405 g/mol. The lowest BCUT2D eigenvalue weighted by Gasteiger charge is -2.57. The van der Waals surface area contributed by atoms with Crippen LogP contribution in [-0.2, 0) is 16.5 Å². The number of benzene rings is 1. The van der Waals surface area contributed by atoms with Crippen molar-refractivity contribution in [2.24, 2.45) is 0 Å². The molecule has 2 aliphatic rings. The molecule has 1 aliphatic heterocycles. The molecule has 1 N–H and O–H groups in total. The van der Waals surface area contributed by atoms with Gasteiger partial charge in [-0.1, -0.05) is 13.8 Å². The Morgan fingerprint density at radius 1 is 1.24 bits per heavy atom. The average molecular weight is 405 g/mol. The molecule has 154 valence electrons. The second-order valence-electron chi connectivity index (χ2n) is 7.31. The molecule has 0 amide bonds. The largest absolute Gasteiger partial charge is 0.507 e. The number of phenols is 1. The molecule has 2 atom stereocenters. The van der Waals surface area contributed by atoms with Crippen LogP contribution in [0.2, 0.25) is 0 Å². The van der Waals surface area contributed by atoms with Crippen molar-refractivity contribution in [3.05, 3.63) is 41.6 Å². The minimum atomic E-state index is -4.51. The van der Waals surface area contributed by atoms with Crippen molar-refractivity contribution in [2.45, 2.75) is 51.4 Å². The molecular formula is C21H22F3N3O2. The number of aromatic nitrogens is 3. The van der Waals surface area contributed by atoms with Gasteiger partial charge in [0.2, 0.25) is 0 Å². The van der Waals surface area contributed by atoms with Gasteiger partial charge >= 0.3 is 6.18 Å². The molecule has 0 bridgehead atoms. The van der Waals surface area contributed by atoms with E-state index < -0.39 is 17.5 Å². The minimum absolute atomic E-state index is 0.0761. The van der Waals surface area contributed by atoms with E-state index in [4.69, 9.17) is 4.74 Å². The number of hydrogen-bond donors (Lipinski definition) is 1. The number of pyridine rings is 1. The summed E-state index contributed by atoms with van der Waals surface area (Å²) in [5, 5.41) is 15.6. The summed E-state index contributed by atoms with van der Waals surface area (Å²) in [5.74, 6) is -0.446. The number of aromatic hydroxyl groups is 1. The molecule has 1 saturated carbocycles. The normalized spacial score (nSPS) is 22.9. The third kappa shape index (κ3) is 2.97. The Morgan fingerprint density at radius 2 is 2.00 bits per heavy atom. The second kappa shape index (κ2) is 6.73. The molecule has 0 radical (unpaired) electrons. The highest BCUT2D eigenvalue weighted by Gasteiger charge is 2.57. The highest BCUT2D eigenvalue weighted by atomic mass is 19.4. The molecule has 29 heavy (non-hydrogen) atoms. The maximum absolute atomic E-state index is 12.9. The SMILES string of the molecule is CC.Cc1cc(C(F)(F)F)cc(O)c1-c1ccc2cn(C34CCC3OC4)nc2n1. The van der Waals surface area contributed by atoms with Gasteiger partial charge in [0, 0.05) is 17.1 Å². The van der Waals surface area contributed by atoms with E-state index in [9.17, 15) is 18.3 Å². The first kappa shape index (κ1) is 19.7. The van der Waals surface area contributed by atoms with Gasteiger partial charge in [0.1, 0.15) is 11.3 Å². The van der Waals surface area contributed by atoms with Gasteiger partial charge < -0.3 is 9.84 Å². The molecule has 0 spiro atoms. The van der Waals surface area contributed by atoms with E-state index in [0.29, 0.717) is 23.5 Å². The summed E-state index contributed by atoms with van der Waals surface area (Å²) in [6, 6.07) is 5.26. The van der Waals surface area contributed by atoms with Crippen LogP contribution in [0.4, 0.5) is 13.2 Å². The molecule has 5 nitrogen and oxygen atoms in total. The molecule has 3 aromatic rings. The fraction of sp³-hybridized carbons (Fsp3) is 0.429. The van der Waals surface area contributed by atoms with E-state index in [0.717, 1.165) is 30.4 Å². The molecular weight excluding hydrogens is 383 g/mol. The van der Waals surface area contributed by atoms with Crippen LogP contribution in [0.25, 0.3) is 22.3 Å². The Kier molecular flexibility index (Phi) is 4.57. The third-order valence-electron chi connectivity index (χ3n) is 5.70. The van der Waals surface area contributed by atoms with Crippen LogP contribution in [0.5, 0.6) is 5.75 Å². The quantitative estimate of drug-likeness (QED) is 0.649. The predicted octanol–water partition coefficient (Wildman–Crippen LogP) is 5.05. The summed E-state index contributed by atoms with van der Waals surface area (Å²) in [5.41, 5.74) is 0.520. The van der Waals surface area contributed by atoms with Gasteiger partial charge in [-0.05, 0) is 49.6 Å². The van der Waals surface area contributed by atoms with E-state index in [-0.39, 0.29) is 17.2 Å². The number of alkyl halides is 3. The fourth-order valence-electron chi connectivity index (χ4n) is 4.01. The molecule has 1 aromatic carbocycles. The number of halogens is 3. The van der Waals surface area contributed by atoms with Crippen molar-refractivity contribution in [1.82, 2.24) is 14.8 Å². The van der Waals surface area contributed by atoms with Gasteiger partial charge in [-0.3, -0.25) is 4.68 Å². The van der Waals surface area contributed by atoms with Gasteiger partial charge in [-0.2, -0.15) is 18.3 Å². The van der Waals surface area contributed by atoms with E-state index in [1.165, 1.54) is 6.92 Å². The first-order valence-corrected chi connectivity index (χ1v) is 9.68. The van der Waals surface area contributed by atoms with E-state index in [1.807, 2.05) is 30.8 Å². The molecule has 5 rings (SSSR count). The molecule has 3 heterocycles. The number of aryl methyl sites for hydroxylation is 1. The van der Waals surface area contributed by atoms with Crippen molar-refractivity contribution < 1.29 is 23.0 Å². The lowest BCUT2D eigenvalue weighted by atomic mass is 9.70. The van der Waals surface area contributed by atoms with Crippen LogP contribution < -0.4 is 0 Å². The summed E-state index contributed by atoms with van der Waals surface area (Å²) in [6.07, 6.45) is -0.349. The van der Waals surface area contributed by atoms with Crippen LogP contribution in [0, 0.1) is 6.92 Å². The van der Waals surface area contributed by atoms with Crippen LogP contribution in [-0.4, -0.2) is 32.6 Å². The second-order valence-corrected chi connectivity index (χ2v) is 7.31. The Balaban J connectivity index is 0.000000994. The van der Waals surface area contributed by atoms with Crippen LogP contribution in [0.1, 0.15) is 37.8 Å². The Morgan fingerprint density at radius 3 is 2.52 bits per heavy atom. The number of hydrogen-bond acceptors (Lipinski definition) is 4. The maximum atomic E-state index is 12.9. The van der Waals surface area contributed by atoms with E-state index in [2.05, 4.69) is 10.1 Å². The highest BCUT2D eigenvalue weighted by Crippen LogP contribution is 2.49. The summed E-state index contributed by atoms with van der Waals surface area (Å²) in [7, 11) is 0. The maximum Gasteiger partial charge on any atom is 0.416 e. The third-order valence-corrected chi connectivity index (χ3v) is 5.70. The van der Waals surface area contributed by atoms with Crippen molar-refractivity contribution in [3.63, 3.8) is 0 Å². The average Bonchev–Trinajstić information content (AvgIpc) is 3.07. The summed E-state index contributed by atoms with van der Waals surface area (Å²) in [4.78, 5) is 4.49. The Bertz CT molecular complexity index is 1040. The summed E-state index contributed by atoms with van der Waals surface area (Å²) in [6.45, 7) is 6.16. The zero-order chi connectivity index (χ0) is 21.0. The van der Waals surface area contributed by atoms with E-state index in [1.54, 1.807) is 6.07 Å². The van der Waals surface area contributed by atoms with Gasteiger partial charge in [0.15, 0.2) is 5.65 Å². The van der Waals surface area contributed by atoms with Crippen LogP contribution >= 0.6 is 0 Å². The summed E-state index contributed by atoms with van der Waals surface area (Å²) >= 11 is 0. The van der Waals surface area contributed by atoms with Gasteiger partial charge in [0.25, 0.3) is 0 Å². The Hall–Kier alpha value is -2.61. The Labute approximate surface area is 166 Å². The molecule has 8 heteroatoms. The predicted molar refractivity (Wildman–Crippen MR) is 103 cm³/mol. The first-order valence-electron chi connectivity index (χ1n) is 9.68. The fourth-order valence-corrected chi connectivity index (χ4v) is 4.01. The van der Waals surface area contributed by atoms with Crippen LogP contribution in [0.15, 0.2) is 30.5 Å². The van der Waals surface area contributed by atoms with Crippen molar-refractivity contribution >= 4 is 11.0 Å². The lowest BCUT2D eigenvalue weighted by molar-refractivity contribution is -0.239. The first-order chi connectivity index (χ1) is 13.8. The number of rotatable bonds is 2. The van der Waals surface area contributed by atoms with Crippen molar-refractivity contribution in [3.8, 4) is 17.0 Å². The van der Waals surface area contributed by atoms with Gasteiger partial charge in [-0.25, -0.2) is 4.98 Å². The smallest absolute Gasteiger partial charge is 0.416 e. The lowest BCUT2D eigenvalue weighted by Crippen LogP contribution is -2.66. The number of phenolic OH excluding ortho intramolecular Hbond substituents is 1. The minimum Gasteiger partial charge on any atom is -0.507 e. The number of ether oxygens (including phenoxy) is 1. The van der Waals surface area contributed by atoms with E-state index >= 15 is 0 Å². The molecule has 2 aromatic heterocycles. The van der Waals surface area contributed by atoms with Gasteiger partial charge in [0.05, 0.1) is 24.0 Å². The molecule has 2 fully saturated rings. The molecule has 1 aliphatic carbocycles. The zero-order valence-electron chi connectivity index (χ0n) is 16.4. The van der Waals surface area contributed by atoms with Crippen LogP contribution in [0.3, 0.4) is 0 Å². The van der Waals surface area contributed by atoms with Crippen molar-refractivity contribution in [1.29, 1.82) is 0 Å². The molecule has 2 unspecified atom stereocenters. The standard InChI is InChI=1S/C19H16F3N3O2.C2H6/c1-10-6-12(19(20,21)22)7-14(26)16(10)13-3-2-11-8-25(24-17(11)23-13)18-5-4-15(18)27-9-18;1-2/h2-3,6-8,15,26H,4-5,9H2,1H3;1-2H3. The van der Waals surface area contributed by atoms with Crippen molar-refractivity contribution in [2.75, 3.05) is 6.61 Å². The number of nitrogens with zero attached hydrogens (tertiary/aromatic N) is 3. The number of fused-ring (bicyclic) bond motifs is 2. The topological polar surface area (TPSA) is 60.2 Å². The summed E-state index contributed by atoms with van der Waals surface area (Å²) < 4.78 is 46.2.